The Labute approximate surface area is 123 Å². The maximum absolute atomic E-state index is 12.5. The number of carbonyl (C=O) groups excluding carboxylic acids is 1. The first-order chi connectivity index (χ1) is 10.1. The number of amides is 1. The molecule has 3 aliphatic rings. The summed E-state index contributed by atoms with van der Waals surface area (Å²) in [4.78, 5) is 24.9. The van der Waals surface area contributed by atoms with Crippen molar-refractivity contribution in [2.75, 3.05) is 13.1 Å². The summed E-state index contributed by atoms with van der Waals surface area (Å²) in [6.45, 7) is 0.379. The van der Waals surface area contributed by atoms with Crippen LogP contribution in [0.4, 0.5) is 0 Å². The van der Waals surface area contributed by atoms with Gasteiger partial charge in [-0.2, -0.15) is 0 Å². The van der Waals surface area contributed by atoms with E-state index < -0.39 is 5.97 Å². The molecule has 1 spiro atoms. The molecule has 0 saturated heterocycles. The van der Waals surface area contributed by atoms with Gasteiger partial charge in [0.1, 0.15) is 6.54 Å². The number of carbonyl (C=O) groups is 2. The quantitative estimate of drug-likeness (QED) is 0.928. The third-order valence-corrected chi connectivity index (χ3v) is 5.38. The Morgan fingerprint density at radius 2 is 2.10 bits per heavy atom. The molecule has 1 amide bonds. The third kappa shape index (κ3) is 1.96. The summed E-state index contributed by atoms with van der Waals surface area (Å²) in [6, 6.07) is 6.24. The van der Waals surface area contributed by atoms with E-state index >= 15 is 0 Å². The fourth-order valence-electron chi connectivity index (χ4n) is 3.74. The van der Waals surface area contributed by atoms with Crippen LogP contribution < -0.4 is 0 Å². The zero-order chi connectivity index (χ0) is 14.6. The van der Waals surface area contributed by atoms with Crippen molar-refractivity contribution in [3.8, 4) is 0 Å². The Kier molecular flexibility index (Phi) is 2.65. The van der Waals surface area contributed by atoms with Gasteiger partial charge in [-0.05, 0) is 48.8 Å². The van der Waals surface area contributed by atoms with Crippen LogP contribution in [-0.2, 0) is 10.2 Å². The number of aliphatic carboxylic acids is 1. The molecule has 1 aromatic rings. The van der Waals surface area contributed by atoms with Gasteiger partial charge in [-0.15, -0.1) is 0 Å². The molecule has 1 aromatic carbocycles. The van der Waals surface area contributed by atoms with E-state index in [2.05, 4.69) is 12.1 Å². The average molecular weight is 285 g/mol. The summed E-state index contributed by atoms with van der Waals surface area (Å²) in [6.07, 6.45) is 5.95. The van der Waals surface area contributed by atoms with Crippen LogP contribution in [0.3, 0.4) is 0 Å². The van der Waals surface area contributed by atoms with Crippen molar-refractivity contribution in [2.24, 2.45) is 0 Å². The number of fused-ring (bicyclic) bond motifs is 2. The zero-order valence-corrected chi connectivity index (χ0v) is 12.0. The monoisotopic (exact) mass is 285 g/mol. The Balaban J connectivity index is 1.72. The molecule has 0 aromatic heterocycles. The lowest BCUT2D eigenvalue weighted by Crippen LogP contribution is -2.45. The molecule has 0 unspecified atom stereocenters. The van der Waals surface area contributed by atoms with Gasteiger partial charge >= 0.3 is 5.97 Å². The summed E-state index contributed by atoms with van der Waals surface area (Å²) in [5.41, 5.74) is 3.31. The molecular weight excluding hydrogens is 266 g/mol. The fraction of sp³-hybridized carbons (Fsp3) is 0.529. The zero-order valence-electron chi connectivity index (χ0n) is 12.0. The van der Waals surface area contributed by atoms with Crippen LogP contribution in [0.15, 0.2) is 18.2 Å². The summed E-state index contributed by atoms with van der Waals surface area (Å²) in [5.74, 6) is -0.392. The first-order valence-corrected chi connectivity index (χ1v) is 7.75. The van der Waals surface area contributed by atoms with Crippen LogP contribution in [-0.4, -0.2) is 35.0 Å². The minimum absolute atomic E-state index is 0.0401. The molecule has 1 heterocycles. The molecule has 0 radical (unpaired) electrons. The van der Waals surface area contributed by atoms with Gasteiger partial charge in [-0.3, -0.25) is 9.59 Å². The predicted octanol–water partition coefficient (Wildman–Crippen LogP) is 2.53. The molecule has 110 valence electrons. The Bertz CT molecular complexity index is 629. The molecule has 4 heteroatoms. The topological polar surface area (TPSA) is 57.6 Å². The van der Waals surface area contributed by atoms with Gasteiger partial charge in [0.15, 0.2) is 0 Å². The van der Waals surface area contributed by atoms with E-state index in [0.717, 1.165) is 18.4 Å². The second-order valence-corrected chi connectivity index (χ2v) is 6.77. The Morgan fingerprint density at radius 1 is 1.33 bits per heavy atom. The number of nitrogens with zero attached hydrogens (tertiary/aromatic N) is 1. The smallest absolute Gasteiger partial charge is 0.323 e. The van der Waals surface area contributed by atoms with Crippen LogP contribution in [0.1, 0.15) is 59.5 Å². The first-order valence-electron chi connectivity index (χ1n) is 7.75. The molecule has 21 heavy (non-hydrogen) atoms. The van der Waals surface area contributed by atoms with E-state index in [9.17, 15) is 9.59 Å². The van der Waals surface area contributed by atoms with Crippen molar-refractivity contribution in [1.82, 2.24) is 4.90 Å². The minimum atomic E-state index is -0.936. The maximum atomic E-state index is 12.5. The number of carboxylic acids is 1. The molecule has 4 nitrogen and oxygen atoms in total. The summed E-state index contributed by atoms with van der Waals surface area (Å²) in [5, 5.41) is 8.98. The lowest BCUT2D eigenvalue weighted by Gasteiger charge is -2.35. The van der Waals surface area contributed by atoms with E-state index in [1.54, 1.807) is 0 Å². The highest BCUT2D eigenvalue weighted by Crippen LogP contribution is 2.53. The largest absolute Gasteiger partial charge is 0.480 e. The van der Waals surface area contributed by atoms with E-state index in [4.69, 9.17) is 5.11 Å². The molecule has 4 rings (SSSR count). The van der Waals surface area contributed by atoms with E-state index in [1.807, 2.05) is 6.07 Å². The molecule has 1 aliphatic heterocycles. The van der Waals surface area contributed by atoms with Gasteiger partial charge in [0.05, 0.1) is 0 Å². The Morgan fingerprint density at radius 3 is 2.67 bits per heavy atom. The van der Waals surface area contributed by atoms with Crippen molar-refractivity contribution < 1.29 is 14.7 Å². The number of benzene rings is 1. The van der Waals surface area contributed by atoms with E-state index in [1.165, 1.54) is 35.3 Å². The maximum Gasteiger partial charge on any atom is 0.323 e. The lowest BCUT2D eigenvalue weighted by molar-refractivity contribution is -0.137. The SMILES string of the molecule is O=C(O)CN1CC2(CC2)c2cc(C3CCC3)ccc2C1=O. The van der Waals surface area contributed by atoms with E-state index in [0.29, 0.717) is 12.5 Å². The van der Waals surface area contributed by atoms with Crippen LogP contribution >= 0.6 is 0 Å². The molecule has 0 atom stereocenters. The first kappa shape index (κ1) is 12.9. The number of hydrogen-bond donors (Lipinski definition) is 1. The highest BCUT2D eigenvalue weighted by Gasteiger charge is 2.51. The summed E-state index contributed by atoms with van der Waals surface area (Å²) < 4.78 is 0. The van der Waals surface area contributed by atoms with E-state index in [-0.39, 0.29) is 17.9 Å². The normalized spacial score (nSPS) is 22.9. The second-order valence-electron chi connectivity index (χ2n) is 6.77. The van der Waals surface area contributed by atoms with Crippen LogP contribution in [0, 0.1) is 0 Å². The van der Waals surface area contributed by atoms with Crippen molar-refractivity contribution in [1.29, 1.82) is 0 Å². The molecule has 2 aliphatic carbocycles. The Hall–Kier alpha value is -1.84. The van der Waals surface area contributed by atoms with Crippen molar-refractivity contribution in [2.45, 2.75) is 43.4 Å². The average Bonchev–Trinajstić information content (AvgIpc) is 3.14. The molecule has 2 saturated carbocycles. The van der Waals surface area contributed by atoms with Gasteiger partial charge in [-0.25, -0.2) is 0 Å². The summed E-state index contributed by atoms with van der Waals surface area (Å²) >= 11 is 0. The molecule has 2 fully saturated rings. The molecule has 1 N–H and O–H groups in total. The highest BCUT2D eigenvalue weighted by atomic mass is 16.4. The van der Waals surface area contributed by atoms with Crippen LogP contribution in [0.2, 0.25) is 0 Å². The summed E-state index contributed by atoms with van der Waals surface area (Å²) in [7, 11) is 0. The number of carboxylic acid groups (broad SMARTS) is 1. The lowest BCUT2D eigenvalue weighted by atomic mass is 9.77. The van der Waals surface area contributed by atoms with Gasteiger partial charge in [0.2, 0.25) is 0 Å². The van der Waals surface area contributed by atoms with Gasteiger partial charge in [0, 0.05) is 17.5 Å². The van der Waals surface area contributed by atoms with Crippen molar-refractivity contribution in [3.05, 3.63) is 34.9 Å². The van der Waals surface area contributed by atoms with Crippen LogP contribution in [0.5, 0.6) is 0 Å². The highest BCUT2D eigenvalue weighted by molar-refractivity contribution is 5.99. The molecular formula is C17H19NO3. The number of hydrogen-bond acceptors (Lipinski definition) is 2. The van der Waals surface area contributed by atoms with Crippen molar-refractivity contribution >= 4 is 11.9 Å². The van der Waals surface area contributed by atoms with Gasteiger partial charge in [0.25, 0.3) is 5.91 Å². The second kappa shape index (κ2) is 4.33. The molecule has 0 bridgehead atoms. The predicted molar refractivity (Wildman–Crippen MR) is 77.5 cm³/mol. The van der Waals surface area contributed by atoms with Crippen LogP contribution in [0.25, 0.3) is 0 Å². The standard InChI is InChI=1S/C17H19NO3/c19-15(20)9-18-10-17(6-7-17)14-8-12(11-2-1-3-11)4-5-13(14)16(18)21/h4-5,8,11H,1-3,6-7,9-10H2,(H,19,20). The van der Waals surface area contributed by atoms with Gasteiger partial charge < -0.3 is 10.0 Å². The fourth-order valence-corrected chi connectivity index (χ4v) is 3.74. The van der Waals surface area contributed by atoms with Crippen molar-refractivity contribution in [3.63, 3.8) is 0 Å². The number of rotatable bonds is 3. The van der Waals surface area contributed by atoms with Gasteiger partial charge in [-0.1, -0.05) is 18.6 Å². The minimum Gasteiger partial charge on any atom is -0.480 e. The third-order valence-electron chi connectivity index (χ3n) is 5.38.